The Morgan fingerprint density at radius 3 is 2.86 bits per heavy atom. The zero-order valence-corrected chi connectivity index (χ0v) is 13.4. The maximum Gasteiger partial charge on any atom is 0.240 e. The van der Waals surface area contributed by atoms with Gasteiger partial charge in [-0.1, -0.05) is 19.1 Å². The summed E-state index contributed by atoms with van der Waals surface area (Å²) in [5, 5.41) is 0. The van der Waals surface area contributed by atoms with Gasteiger partial charge in [0, 0.05) is 25.1 Å². The summed E-state index contributed by atoms with van der Waals surface area (Å²) in [6.07, 6.45) is 1.77. The van der Waals surface area contributed by atoms with Gasteiger partial charge in [-0.15, -0.1) is 0 Å². The standard InChI is InChI=1S/C15H24N2O3S/c1-3-15(16)12-5-4-6-14(9-12)21(18,19)17-10-13-7-8-20-11(13)2/h4-6,9,11,13,15,17H,3,7-8,10,16H2,1-2H3. The molecule has 1 aromatic carbocycles. The summed E-state index contributed by atoms with van der Waals surface area (Å²) in [6.45, 7) is 5.07. The third-order valence-corrected chi connectivity index (χ3v) is 5.53. The lowest BCUT2D eigenvalue weighted by atomic mass is 10.0. The lowest BCUT2D eigenvalue weighted by molar-refractivity contribution is 0.107. The molecule has 2 rings (SSSR count). The lowest BCUT2D eigenvalue weighted by Gasteiger charge is -2.16. The van der Waals surface area contributed by atoms with E-state index in [0.29, 0.717) is 13.2 Å². The molecule has 0 aliphatic carbocycles. The number of sulfonamides is 1. The first-order chi connectivity index (χ1) is 9.94. The third kappa shape index (κ3) is 4.03. The highest BCUT2D eigenvalue weighted by Crippen LogP contribution is 2.21. The second kappa shape index (κ2) is 6.87. The van der Waals surface area contributed by atoms with E-state index < -0.39 is 10.0 Å². The van der Waals surface area contributed by atoms with Crippen LogP contribution in [0.1, 0.15) is 38.3 Å². The average molecular weight is 312 g/mol. The number of benzene rings is 1. The number of nitrogens with one attached hydrogen (secondary N) is 1. The summed E-state index contributed by atoms with van der Waals surface area (Å²) in [4.78, 5) is 0.274. The van der Waals surface area contributed by atoms with E-state index in [-0.39, 0.29) is 23.0 Å². The van der Waals surface area contributed by atoms with Crippen LogP contribution in [0.15, 0.2) is 29.2 Å². The molecule has 0 radical (unpaired) electrons. The van der Waals surface area contributed by atoms with E-state index in [1.54, 1.807) is 18.2 Å². The van der Waals surface area contributed by atoms with Gasteiger partial charge in [0.1, 0.15) is 0 Å². The van der Waals surface area contributed by atoms with Crippen LogP contribution in [0.4, 0.5) is 0 Å². The minimum Gasteiger partial charge on any atom is -0.378 e. The molecule has 1 heterocycles. The monoisotopic (exact) mass is 312 g/mol. The predicted octanol–water partition coefficient (Wildman–Crippen LogP) is 1.80. The Morgan fingerprint density at radius 2 is 2.24 bits per heavy atom. The molecule has 1 fully saturated rings. The molecular weight excluding hydrogens is 288 g/mol. The van der Waals surface area contributed by atoms with E-state index in [1.165, 1.54) is 0 Å². The Bertz CT molecular complexity index is 574. The number of hydrogen-bond donors (Lipinski definition) is 2. The fourth-order valence-corrected chi connectivity index (χ4v) is 3.64. The van der Waals surface area contributed by atoms with Crippen molar-refractivity contribution in [2.75, 3.05) is 13.2 Å². The number of nitrogens with two attached hydrogens (primary N) is 1. The molecule has 1 aliphatic heterocycles. The second-order valence-corrected chi connectivity index (χ2v) is 7.33. The molecular formula is C15H24N2O3S. The fraction of sp³-hybridized carbons (Fsp3) is 0.600. The minimum atomic E-state index is -3.50. The van der Waals surface area contributed by atoms with Crippen LogP contribution < -0.4 is 10.5 Å². The summed E-state index contributed by atoms with van der Waals surface area (Å²) in [7, 11) is -3.50. The van der Waals surface area contributed by atoms with Gasteiger partial charge in [0.25, 0.3) is 0 Å². The van der Waals surface area contributed by atoms with Crippen molar-refractivity contribution in [3.8, 4) is 0 Å². The number of ether oxygens (including phenoxy) is 1. The predicted molar refractivity (Wildman–Crippen MR) is 82.4 cm³/mol. The Hall–Kier alpha value is -0.950. The number of hydrogen-bond acceptors (Lipinski definition) is 4. The van der Waals surface area contributed by atoms with E-state index in [9.17, 15) is 8.42 Å². The van der Waals surface area contributed by atoms with Crippen molar-refractivity contribution in [2.45, 2.75) is 43.7 Å². The van der Waals surface area contributed by atoms with Gasteiger partial charge < -0.3 is 10.5 Å². The molecule has 1 aliphatic rings. The summed E-state index contributed by atoms with van der Waals surface area (Å²) in [5.74, 6) is 0.237. The Balaban J connectivity index is 2.08. The molecule has 0 saturated carbocycles. The highest BCUT2D eigenvalue weighted by molar-refractivity contribution is 7.89. The van der Waals surface area contributed by atoms with Crippen molar-refractivity contribution in [1.29, 1.82) is 0 Å². The van der Waals surface area contributed by atoms with Crippen LogP contribution in [0.5, 0.6) is 0 Å². The highest BCUT2D eigenvalue weighted by atomic mass is 32.2. The molecule has 3 unspecified atom stereocenters. The Morgan fingerprint density at radius 1 is 1.48 bits per heavy atom. The molecule has 0 aromatic heterocycles. The van der Waals surface area contributed by atoms with E-state index in [2.05, 4.69) is 4.72 Å². The van der Waals surface area contributed by atoms with Crippen molar-refractivity contribution in [2.24, 2.45) is 11.7 Å². The van der Waals surface area contributed by atoms with E-state index in [1.807, 2.05) is 19.9 Å². The largest absolute Gasteiger partial charge is 0.378 e. The van der Waals surface area contributed by atoms with E-state index in [4.69, 9.17) is 10.5 Å². The molecule has 3 atom stereocenters. The van der Waals surface area contributed by atoms with E-state index >= 15 is 0 Å². The van der Waals surface area contributed by atoms with Crippen molar-refractivity contribution < 1.29 is 13.2 Å². The zero-order chi connectivity index (χ0) is 15.5. The van der Waals surface area contributed by atoms with Gasteiger partial charge in [-0.2, -0.15) is 0 Å². The topological polar surface area (TPSA) is 81.4 Å². The van der Waals surface area contributed by atoms with Crippen LogP contribution in [0.25, 0.3) is 0 Å². The Kier molecular flexibility index (Phi) is 5.37. The zero-order valence-electron chi connectivity index (χ0n) is 12.6. The van der Waals surface area contributed by atoms with Crippen LogP contribution in [0.3, 0.4) is 0 Å². The maximum atomic E-state index is 12.4. The molecule has 1 saturated heterocycles. The first kappa shape index (κ1) is 16.4. The molecule has 6 heteroatoms. The molecule has 3 N–H and O–H groups in total. The highest BCUT2D eigenvalue weighted by Gasteiger charge is 2.26. The van der Waals surface area contributed by atoms with Gasteiger partial charge in [-0.25, -0.2) is 13.1 Å². The summed E-state index contributed by atoms with van der Waals surface area (Å²) >= 11 is 0. The van der Waals surface area contributed by atoms with Gasteiger partial charge in [0.15, 0.2) is 0 Å². The first-order valence-electron chi connectivity index (χ1n) is 7.41. The average Bonchev–Trinajstić information content (AvgIpc) is 2.90. The van der Waals surface area contributed by atoms with Gasteiger partial charge in [-0.3, -0.25) is 0 Å². The van der Waals surface area contributed by atoms with Crippen LogP contribution in [0.2, 0.25) is 0 Å². The van der Waals surface area contributed by atoms with Gasteiger partial charge >= 0.3 is 0 Å². The fourth-order valence-electron chi connectivity index (χ4n) is 2.49. The molecule has 21 heavy (non-hydrogen) atoms. The molecule has 118 valence electrons. The van der Waals surface area contributed by atoms with Crippen LogP contribution >= 0.6 is 0 Å². The van der Waals surface area contributed by atoms with Crippen molar-refractivity contribution >= 4 is 10.0 Å². The normalized spacial score (nSPS) is 24.1. The quantitative estimate of drug-likeness (QED) is 0.839. The molecule has 1 aromatic rings. The van der Waals surface area contributed by atoms with E-state index in [0.717, 1.165) is 18.4 Å². The lowest BCUT2D eigenvalue weighted by Crippen LogP contribution is -2.32. The van der Waals surface area contributed by atoms with Crippen molar-refractivity contribution in [1.82, 2.24) is 4.72 Å². The molecule has 0 amide bonds. The molecule has 5 nitrogen and oxygen atoms in total. The molecule has 0 bridgehead atoms. The van der Waals surface area contributed by atoms with Crippen LogP contribution in [-0.2, 0) is 14.8 Å². The summed E-state index contributed by atoms with van der Waals surface area (Å²) in [5.41, 5.74) is 6.81. The van der Waals surface area contributed by atoms with Crippen LogP contribution in [-0.4, -0.2) is 27.7 Å². The summed E-state index contributed by atoms with van der Waals surface area (Å²) in [6, 6.07) is 6.72. The first-order valence-corrected chi connectivity index (χ1v) is 8.89. The SMILES string of the molecule is CCC(N)c1cccc(S(=O)(=O)NCC2CCOC2C)c1. The smallest absolute Gasteiger partial charge is 0.240 e. The summed E-state index contributed by atoms with van der Waals surface area (Å²) < 4.78 is 32.9. The minimum absolute atomic E-state index is 0.104. The molecule has 0 spiro atoms. The third-order valence-electron chi connectivity index (χ3n) is 4.11. The second-order valence-electron chi connectivity index (χ2n) is 5.56. The van der Waals surface area contributed by atoms with Gasteiger partial charge in [0.2, 0.25) is 10.0 Å². The van der Waals surface area contributed by atoms with Crippen molar-refractivity contribution in [3.63, 3.8) is 0 Å². The van der Waals surface area contributed by atoms with Crippen LogP contribution in [0, 0.1) is 5.92 Å². The Labute approximate surface area is 126 Å². The number of rotatable bonds is 6. The maximum absolute atomic E-state index is 12.4. The van der Waals surface area contributed by atoms with Gasteiger partial charge in [0.05, 0.1) is 11.0 Å². The van der Waals surface area contributed by atoms with Gasteiger partial charge in [-0.05, 0) is 37.5 Å². The van der Waals surface area contributed by atoms with Crippen molar-refractivity contribution in [3.05, 3.63) is 29.8 Å².